The van der Waals surface area contributed by atoms with Gasteiger partial charge in [0.05, 0.1) is 19.3 Å². The lowest BCUT2D eigenvalue weighted by atomic mass is 9.86. The first-order valence-corrected chi connectivity index (χ1v) is 6.48. The molecule has 1 heterocycles. The molecule has 1 atom stereocenters. The second kappa shape index (κ2) is 5.39. The van der Waals surface area contributed by atoms with Crippen molar-refractivity contribution in [2.24, 2.45) is 0 Å². The van der Waals surface area contributed by atoms with Crippen molar-refractivity contribution in [1.82, 2.24) is 0 Å². The van der Waals surface area contributed by atoms with Crippen LogP contribution in [-0.4, -0.2) is 24.6 Å². The Morgan fingerprint density at radius 3 is 2.22 bits per heavy atom. The quantitative estimate of drug-likeness (QED) is 0.896. The summed E-state index contributed by atoms with van der Waals surface area (Å²) >= 11 is 0. The highest BCUT2D eigenvalue weighted by molar-refractivity contribution is 5.28. The van der Waals surface area contributed by atoms with Crippen LogP contribution in [0, 0.1) is 0 Å². The van der Waals surface area contributed by atoms with Crippen LogP contribution in [0.3, 0.4) is 0 Å². The predicted molar refractivity (Wildman–Crippen MR) is 70.4 cm³/mol. The Morgan fingerprint density at radius 1 is 1.17 bits per heavy atom. The van der Waals surface area contributed by atoms with Crippen LogP contribution in [0.15, 0.2) is 24.3 Å². The second-order valence-corrected chi connectivity index (χ2v) is 5.79. The minimum absolute atomic E-state index is 0.140. The van der Waals surface area contributed by atoms with Crippen LogP contribution in [0.4, 0.5) is 0 Å². The van der Waals surface area contributed by atoms with Gasteiger partial charge in [-0.2, -0.15) is 0 Å². The molecule has 3 nitrogen and oxygen atoms in total. The average Bonchev–Trinajstić information content (AvgIpc) is 2.81. The van der Waals surface area contributed by atoms with Crippen molar-refractivity contribution >= 4 is 0 Å². The van der Waals surface area contributed by atoms with E-state index in [0.717, 1.165) is 5.56 Å². The third kappa shape index (κ3) is 3.31. The Hall–Kier alpha value is -0.900. The lowest BCUT2D eigenvalue weighted by molar-refractivity contribution is -0.0707. The fraction of sp³-hybridized carbons (Fsp3) is 0.600. The SMILES string of the molecule is CC(C)(C)c1ccc(C(O)CC2OCCO2)cc1. The summed E-state index contributed by atoms with van der Waals surface area (Å²) in [6.45, 7) is 7.79. The lowest BCUT2D eigenvalue weighted by Gasteiger charge is -2.20. The van der Waals surface area contributed by atoms with Crippen LogP contribution in [-0.2, 0) is 14.9 Å². The molecule has 0 aromatic heterocycles. The van der Waals surface area contributed by atoms with Gasteiger partial charge in [-0.05, 0) is 16.5 Å². The number of aliphatic hydroxyl groups is 1. The highest BCUT2D eigenvalue weighted by Gasteiger charge is 2.21. The molecule has 1 aromatic carbocycles. The van der Waals surface area contributed by atoms with E-state index in [4.69, 9.17) is 9.47 Å². The van der Waals surface area contributed by atoms with Crippen molar-refractivity contribution in [3.05, 3.63) is 35.4 Å². The highest BCUT2D eigenvalue weighted by atomic mass is 16.7. The van der Waals surface area contributed by atoms with Crippen molar-refractivity contribution in [3.63, 3.8) is 0 Å². The van der Waals surface area contributed by atoms with E-state index in [-0.39, 0.29) is 11.7 Å². The van der Waals surface area contributed by atoms with Gasteiger partial charge in [0.1, 0.15) is 0 Å². The molecule has 18 heavy (non-hydrogen) atoms. The van der Waals surface area contributed by atoms with E-state index in [0.29, 0.717) is 19.6 Å². The van der Waals surface area contributed by atoms with Crippen LogP contribution < -0.4 is 0 Å². The molecule has 0 aliphatic carbocycles. The standard InChI is InChI=1S/C15H22O3/c1-15(2,3)12-6-4-11(5-7-12)13(16)10-14-17-8-9-18-14/h4-7,13-14,16H,8-10H2,1-3H3. The van der Waals surface area contributed by atoms with Crippen molar-refractivity contribution in [2.75, 3.05) is 13.2 Å². The molecule has 0 radical (unpaired) electrons. The first-order chi connectivity index (χ1) is 8.47. The van der Waals surface area contributed by atoms with Gasteiger partial charge >= 0.3 is 0 Å². The number of hydrogen-bond acceptors (Lipinski definition) is 3. The zero-order valence-electron chi connectivity index (χ0n) is 11.3. The molecule has 0 amide bonds. The van der Waals surface area contributed by atoms with Gasteiger partial charge in [0.2, 0.25) is 0 Å². The van der Waals surface area contributed by atoms with Gasteiger partial charge < -0.3 is 14.6 Å². The van der Waals surface area contributed by atoms with Gasteiger partial charge in [0, 0.05) is 6.42 Å². The maximum Gasteiger partial charge on any atom is 0.160 e. The van der Waals surface area contributed by atoms with Crippen LogP contribution in [0.5, 0.6) is 0 Å². The van der Waals surface area contributed by atoms with E-state index in [9.17, 15) is 5.11 Å². The monoisotopic (exact) mass is 250 g/mol. The van der Waals surface area contributed by atoms with Crippen molar-refractivity contribution < 1.29 is 14.6 Å². The van der Waals surface area contributed by atoms with E-state index in [2.05, 4.69) is 32.9 Å². The Bertz CT molecular complexity index is 372. The van der Waals surface area contributed by atoms with E-state index in [1.165, 1.54) is 5.56 Å². The summed E-state index contributed by atoms with van der Waals surface area (Å²) in [5.74, 6) is 0. The normalized spacial score (nSPS) is 19.1. The Labute approximate surface area is 109 Å². The molecular weight excluding hydrogens is 228 g/mol. The molecule has 1 aliphatic heterocycles. The summed E-state index contributed by atoms with van der Waals surface area (Å²) in [6.07, 6.45) is -0.293. The second-order valence-electron chi connectivity index (χ2n) is 5.79. The fourth-order valence-electron chi connectivity index (χ4n) is 2.07. The van der Waals surface area contributed by atoms with E-state index < -0.39 is 6.10 Å². The Morgan fingerprint density at radius 2 is 1.72 bits per heavy atom. The van der Waals surface area contributed by atoms with Gasteiger partial charge in [-0.15, -0.1) is 0 Å². The molecule has 0 saturated carbocycles. The Balaban J connectivity index is 2.00. The first kappa shape index (κ1) is 13.5. The van der Waals surface area contributed by atoms with Crippen LogP contribution in [0.1, 0.15) is 44.4 Å². The maximum absolute atomic E-state index is 10.1. The van der Waals surface area contributed by atoms with Crippen LogP contribution in [0.25, 0.3) is 0 Å². The largest absolute Gasteiger partial charge is 0.388 e. The average molecular weight is 250 g/mol. The van der Waals surface area contributed by atoms with E-state index >= 15 is 0 Å². The molecule has 0 bridgehead atoms. The fourth-order valence-corrected chi connectivity index (χ4v) is 2.07. The zero-order valence-corrected chi connectivity index (χ0v) is 11.3. The summed E-state index contributed by atoms with van der Waals surface area (Å²) < 4.78 is 10.7. The summed E-state index contributed by atoms with van der Waals surface area (Å²) in [7, 11) is 0. The van der Waals surface area contributed by atoms with E-state index in [1.54, 1.807) is 0 Å². The number of ether oxygens (including phenoxy) is 2. The maximum atomic E-state index is 10.1. The van der Waals surface area contributed by atoms with Gasteiger partial charge in [-0.1, -0.05) is 45.0 Å². The molecule has 1 saturated heterocycles. The molecule has 1 fully saturated rings. The molecule has 1 aliphatic rings. The third-order valence-corrected chi connectivity index (χ3v) is 3.27. The van der Waals surface area contributed by atoms with Crippen LogP contribution in [0.2, 0.25) is 0 Å². The molecule has 0 spiro atoms. The number of hydrogen-bond donors (Lipinski definition) is 1. The zero-order chi connectivity index (χ0) is 13.2. The van der Waals surface area contributed by atoms with Crippen LogP contribution >= 0.6 is 0 Å². The van der Waals surface area contributed by atoms with Crippen molar-refractivity contribution in [1.29, 1.82) is 0 Å². The minimum atomic E-state index is -0.526. The van der Waals surface area contributed by atoms with Gasteiger partial charge in [0.15, 0.2) is 6.29 Å². The molecule has 3 heteroatoms. The molecule has 100 valence electrons. The van der Waals surface area contributed by atoms with Gasteiger partial charge in [-0.3, -0.25) is 0 Å². The lowest BCUT2D eigenvalue weighted by Crippen LogP contribution is -2.14. The summed E-state index contributed by atoms with van der Waals surface area (Å²) in [5, 5.41) is 10.1. The van der Waals surface area contributed by atoms with Gasteiger partial charge in [-0.25, -0.2) is 0 Å². The summed E-state index contributed by atoms with van der Waals surface area (Å²) in [5.41, 5.74) is 2.33. The highest BCUT2D eigenvalue weighted by Crippen LogP contribution is 2.26. The Kier molecular flexibility index (Phi) is 4.05. The predicted octanol–water partition coefficient (Wildman–Crippen LogP) is 2.78. The third-order valence-electron chi connectivity index (χ3n) is 3.27. The van der Waals surface area contributed by atoms with Gasteiger partial charge in [0.25, 0.3) is 0 Å². The molecule has 1 N–H and O–H groups in total. The van der Waals surface area contributed by atoms with Crippen molar-refractivity contribution in [3.8, 4) is 0 Å². The minimum Gasteiger partial charge on any atom is -0.388 e. The smallest absolute Gasteiger partial charge is 0.160 e. The first-order valence-electron chi connectivity index (χ1n) is 6.48. The van der Waals surface area contributed by atoms with Crippen molar-refractivity contribution in [2.45, 2.75) is 45.0 Å². The summed E-state index contributed by atoms with van der Waals surface area (Å²) in [4.78, 5) is 0. The summed E-state index contributed by atoms with van der Waals surface area (Å²) in [6, 6.07) is 8.13. The topological polar surface area (TPSA) is 38.7 Å². The molecule has 2 rings (SSSR count). The number of benzene rings is 1. The van der Waals surface area contributed by atoms with E-state index in [1.807, 2.05) is 12.1 Å². The molecule has 1 aromatic rings. The number of rotatable bonds is 3. The molecule has 1 unspecified atom stereocenters. The molecular formula is C15H22O3. The number of aliphatic hydroxyl groups excluding tert-OH is 1.